The van der Waals surface area contributed by atoms with Crippen LogP contribution in [-0.4, -0.2) is 23.9 Å². The fraction of sp³-hybridized carbons (Fsp3) is 0.316. The van der Waals surface area contributed by atoms with E-state index >= 15 is 0 Å². The Hall–Kier alpha value is -1.40. The van der Waals surface area contributed by atoms with Crippen LogP contribution in [0, 0.1) is 10.5 Å². The number of aryl methyl sites for hydroxylation is 1. The maximum absolute atomic E-state index is 12.4. The van der Waals surface area contributed by atoms with Crippen LogP contribution in [0.1, 0.15) is 35.3 Å². The summed E-state index contributed by atoms with van der Waals surface area (Å²) in [5, 5.41) is 2.98. The molecule has 0 bridgehead atoms. The van der Waals surface area contributed by atoms with Gasteiger partial charge in [0.05, 0.1) is 0 Å². The van der Waals surface area contributed by atoms with Crippen LogP contribution < -0.4 is 5.32 Å². The molecule has 0 saturated carbocycles. The lowest BCUT2D eigenvalue weighted by molar-refractivity contribution is 0.102. The first-order valence-electron chi connectivity index (χ1n) is 7.92. The highest BCUT2D eigenvalue weighted by molar-refractivity contribution is 14.1. The van der Waals surface area contributed by atoms with Gasteiger partial charge in [-0.05, 0) is 84.1 Å². The van der Waals surface area contributed by atoms with Crippen LogP contribution in [0.3, 0.4) is 0 Å². The van der Waals surface area contributed by atoms with E-state index in [1.54, 1.807) is 0 Å². The number of anilines is 1. The quantitative estimate of drug-likeness (QED) is 0.685. The Morgan fingerprint density at radius 2 is 1.74 bits per heavy atom. The molecule has 3 nitrogen and oxygen atoms in total. The molecule has 1 amide bonds. The molecular weight excluding hydrogens is 399 g/mol. The number of amides is 1. The number of carbonyl (C=O) groups excluding carboxylic acids is 1. The summed E-state index contributed by atoms with van der Waals surface area (Å²) >= 11 is 2.27. The Balaban J connectivity index is 2.05. The van der Waals surface area contributed by atoms with Crippen LogP contribution in [0.25, 0.3) is 0 Å². The summed E-state index contributed by atoms with van der Waals surface area (Å²) in [6.07, 6.45) is 0. The fourth-order valence-corrected chi connectivity index (χ4v) is 3.08. The predicted octanol–water partition coefficient (Wildman–Crippen LogP) is 4.69. The molecular formula is C19H23IN2O. The van der Waals surface area contributed by atoms with E-state index in [1.165, 1.54) is 9.13 Å². The van der Waals surface area contributed by atoms with Gasteiger partial charge in [0.25, 0.3) is 5.91 Å². The molecule has 0 saturated heterocycles. The van der Waals surface area contributed by atoms with Gasteiger partial charge in [0, 0.05) is 21.4 Å². The molecule has 1 N–H and O–H groups in total. The van der Waals surface area contributed by atoms with E-state index in [9.17, 15) is 4.79 Å². The molecule has 0 aliphatic heterocycles. The lowest BCUT2D eigenvalue weighted by Crippen LogP contribution is -2.22. The summed E-state index contributed by atoms with van der Waals surface area (Å²) in [6.45, 7) is 9.31. The van der Waals surface area contributed by atoms with Crippen molar-refractivity contribution in [3.63, 3.8) is 0 Å². The molecule has 0 spiro atoms. The second-order valence-electron chi connectivity index (χ2n) is 5.57. The summed E-state index contributed by atoms with van der Waals surface area (Å²) in [6, 6.07) is 13.9. The molecule has 0 unspecified atom stereocenters. The molecule has 0 atom stereocenters. The van der Waals surface area contributed by atoms with E-state index in [4.69, 9.17) is 0 Å². The third-order valence-corrected chi connectivity index (χ3v) is 4.62. The fourth-order valence-electron chi connectivity index (χ4n) is 2.43. The molecule has 0 radical (unpaired) electrons. The molecule has 0 aliphatic carbocycles. The van der Waals surface area contributed by atoms with Gasteiger partial charge in [-0.1, -0.05) is 26.0 Å². The minimum absolute atomic E-state index is 0.0660. The van der Waals surface area contributed by atoms with E-state index in [0.29, 0.717) is 5.56 Å². The van der Waals surface area contributed by atoms with Gasteiger partial charge in [0.2, 0.25) is 0 Å². The summed E-state index contributed by atoms with van der Waals surface area (Å²) < 4.78 is 1.17. The van der Waals surface area contributed by atoms with Crippen LogP contribution in [0.2, 0.25) is 0 Å². The van der Waals surface area contributed by atoms with Crippen molar-refractivity contribution < 1.29 is 4.79 Å². The highest BCUT2D eigenvalue weighted by Gasteiger charge is 2.08. The van der Waals surface area contributed by atoms with Gasteiger partial charge < -0.3 is 5.32 Å². The maximum Gasteiger partial charge on any atom is 0.255 e. The lowest BCUT2D eigenvalue weighted by Gasteiger charge is -2.18. The van der Waals surface area contributed by atoms with Gasteiger partial charge in [-0.2, -0.15) is 0 Å². The number of hydrogen-bond donors (Lipinski definition) is 1. The smallest absolute Gasteiger partial charge is 0.255 e. The van der Waals surface area contributed by atoms with Crippen LogP contribution in [0.4, 0.5) is 5.69 Å². The minimum Gasteiger partial charge on any atom is -0.322 e. The molecule has 4 heteroatoms. The Morgan fingerprint density at radius 3 is 2.30 bits per heavy atom. The van der Waals surface area contributed by atoms with Crippen molar-refractivity contribution in [1.82, 2.24) is 4.90 Å². The highest BCUT2D eigenvalue weighted by Crippen LogP contribution is 2.19. The number of hydrogen-bond acceptors (Lipinski definition) is 2. The Morgan fingerprint density at radius 1 is 1.09 bits per heavy atom. The molecule has 0 fully saturated rings. The molecule has 2 aromatic rings. The monoisotopic (exact) mass is 422 g/mol. The van der Waals surface area contributed by atoms with Crippen molar-refractivity contribution >= 4 is 34.2 Å². The molecule has 2 aromatic carbocycles. The zero-order chi connectivity index (χ0) is 16.8. The van der Waals surface area contributed by atoms with Crippen molar-refractivity contribution in [3.05, 3.63) is 62.7 Å². The van der Waals surface area contributed by atoms with E-state index in [1.807, 2.05) is 43.3 Å². The van der Waals surface area contributed by atoms with Crippen molar-refractivity contribution in [2.24, 2.45) is 0 Å². The van der Waals surface area contributed by atoms with Crippen LogP contribution in [0.15, 0.2) is 42.5 Å². The Bertz CT molecular complexity index is 664. The second kappa shape index (κ2) is 8.45. The number of benzene rings is 2. The predicted molar refractivity (Wildman–Crippen MR) is 105 cm³/mol. The highest BCUT2D eigenvalue weighted by atomic mass is 127. The van der Waals surface area contributed by atoms with Crippen molar-refractivity contribution in [2.45, 2.75) is 27.3 Å². The number of carbonyl (C=O) groups is 1. The van der Waals surface area contributed by atoms with Crippen molar-refractivity contribution in [3.8, 4) is 0 Å². The van der Waals surface area contributed by atoms with Crippen molar-refractivity contribution in [2.75, 3.05) is 18.4 Å². The average molecular weight is 422 g/mol. The van der Waals surface area contributed by atoms with Crippen molar-refractivity contribution in [1.29, 1.82) is 0 Å². The summed E-state index contributed by atoms with van der Waals surface area (Å²) in [5.74, 6) is -0.0660. The summed E-state index contributed by atoms with van der Waals surface area (Å²) in [7, 11) is 0. The third-order valence-electron chi connectivity index (χ3n) is 3.95. The zero-order valence-corrected chi connectivity index (χ0v) is 16.1. The first-order valence-corrected chi connectivity index (χ1v) is 9.00. The first-order chi connectivity index (χ1) is 11.0. The standard InChI is InChI=1S/C19H23IN2O/c1-4-22(5-2)13-15-6-8-16(9-7-15)19(23)21-18-11-10-17(20)12-14(18)3/h6-12H,4-5,13H2,1-3H3,(H,21,23). The normalized spacial score (nSPS) is 10.8. The number of halogens is 1. The van der Waals surface area contributed by atoms with Crippen LogP contribution in [0.5, 0.6) is 0 Å². The second-order valence-corrected chi connectivity index (χ2v) is 6.82. The Labute approximate surface area is 152 Å². The number of nitrogens with zero attached hydrogens (tertiary/aromatic N) is 1. The topological polar surface area (TPSA) is 32.3 Å². The van der Waals surface area contributed by atoms with Gasteiger partial charge in [0.1, 0.15) is 0 Å². The molecule has 23 heavy (non-hydrogen) atoms. The maximum atomic E-state index is 12.4. The number of nitrogens with one attached hydrogen (secondary N) is 1. The zero-order valence-electron chi connectivity index (χ0n) is 13.9. The molecule has 0 heterocycles. The van der Waals surface area contributed by atoms with Gasteiger partial charge in [-0.3, -0.25) is 9.69 Å². The average Bonchev–Trinajstić information content (AvgIpc) is 2.55. The van der Waals surface area contributed by atoms with E-state index in [-0.39, 0.29) is 5.91 Å². The molecule has 2 rings (SSSR count). The summed E-state index contributed by atoms with van der Waals surface area (Å²) in [5.41, 5.74) is 3.85. The van der Waals surface area contributed by atoms with Gasteiger partial charge in [-0.15, -0.1) is 0 Å². The SMILES string of the molecule is CCN(CC)Cc1ccc(C(=O)Nc2ccc(I)cc2C)cc1. The van der Waals surface area contributed by atoms with Gasteiger partial charge in [-0.25, -0.2) is 0 Å². The van der Waals surface area contributed by atoms with Gasteiger partial charge in [0.15, 0.2) is 0 Å². The number of rotatable bonds is 6. The first kappa shape index (κ1) is 17.9. The van der Waals surface area contributed by atoms with E-state index in [0.717, 1.165) is 30.9 Å². The third kappa shape index (κ3) is 5.04. The van der Waals surface area contributed by atoms with E-state index < -0.39 is 0 Å². The minimum atomic E-state index is -0.0660. The largest absolute Gasteiger partial charge is 0.322 e. The van der Waals surface area contributed by atoms with Crippen LogP contribution in [-0.2, 0) is 6.54 Å². The molecule has 0 aromatic heterocycles. The summed E-state index contributed by atoms with van der Waals surface area (Å²) in [4.78, 5) is 14.7. The molecule has 122 valence electrons. The van der Waals surface area contributed by atoms with E-state index in [2.05, 4.69) is 52.7 Å². The van der Waals surface area contributed by atoms with Crippen LogP contribution >= 0.6 is 22.6 Å². The Kier molecular flexibility index (Phi) is 6.59. The van der Waals surface area contributed by atoms with Gasteiger partial charge >= 0.3 is 0 Å². The lowest BCUT2D eigenvalue weighted by atomic mass is 10.1. The molecule has 0 aliphatic rings.